The van der Waals surface area contributed by atoms with Crippen LogP contribution in [0.25, 0.3) is 5.57 Å². The first-order chi connectivity index (χ1) is 15.0. The number of esters is 1. The van der Waals surface area contributed by atoms with Gasteiger partial charge < -0.3 is 9.64 Å². The number of nitrogens with zero attached hydrogens (tertiary/aromatic N) is 1. The number of hydrogen-bond acceptors (Lipinski definition) is 3. The molecule has 4 nitrogen and oxygen atoms in total. The highest BCUT2D eigenvalue weighted by atomic mass is 35.5. The van der Waals surface area contributed by atoms with Crippen molar-refractivity contribution in [3.8, 4) is 0 Å². The van der Waals surface area contributed by atoms with Crippen LogP contribution in [-0.4, -0.2) is 41.8 Å². The average Bonchev–Trinajstić information content (AvgIpc) is 3.16. The Morgan fingerprint density at radius 3 is 2.52 bits per heavy atom. The van der Waals surface area contributed by atoms with Crippen LogP contribution >= 0.6 is 23.2 Å². The fraction of sp³-hybridized carbons (Fsp3) is 0.520. The number of halogens is 2. The van der Waals surface area contributed by atoms with E-state index < -0.39 is 16.8 Å². The van der Waals surface area contributed by atoms with Gasteiger partial charge in [0.2, 0.25) is 5.91 Å². The van der Waals surface area contributed by atoms with Crippen molar-refractivity contribution in [1.82, 2.24) is 4.90 Å². The average molecular weight is 462 g/mol. The molecular weight excluding hydrogens is 433 g/mol. The van der Waals surface area contributed by atoms with Gasteiger partial charge in [0.05, 0.1) is 12.5 Å². The smallest absolute Gasteiger partial charge is 0.319 e. The Hall–Kier alpha value is -1.78. The van der Waals surface area contributed by atoms with Crippen LogP contribution in [0.3, 0.4) is 0 Å². The Bertz CT molecular complexity index is 891. The van der Waals surface area contributed by atoms with Crippen LogP contribution < -0.4 is 0 Å². The number of likely N-dealkylation sites (tertiary alicyclic amines) is 1. The molecular formula is C25H29Cl2NO3. The third-order valence-electron chi connectivity index (χ3n) is 7.10. The van der Waals surface area contributed by atoms with Crippen molar-refractivity contribution in [2.45, 2.75) is 56.4 Å². The van der Waals surface area contributed by atoms with Crippen LogP contribution in [-0.2, 0) is 14.3 Å². The summed E-state index contributed by atoms with van der Waals surface area (Å²) in [6.45, 7) is 0.741. The Morgan fingerprint density at radius 1 is 1.16 bits per heavy atom. The van der Waals surface area contributed by atoms with Gasteiger partial charge in [0, 0.05) is 23.5 Å². The monoisotopic (exact) mass is 461 g/mol. The van der Waals surface area contributed by atoms with E-state index in [-0.39, 0.29) is 18.2 Å². The number of allylic oxidation sites excluding steroid dienone is 3. The van der Waals surface area contributed by atoms with Crippen LogP contribution in [0.4, 0.5) is 0 Å². The molecule has 1 aliphatic heterocycles. The topological polar surface area (TPSA) is 46.6 Å². The molecule has 0 aromatic heterocycles. The molecule has 1 aromatic carbocycles. The summed E-state index contributed by atoms with van der Waals surface area (Å²) in [4.78, 5) is 28.4. The molecule has 2 fully saturated rings. The summed E-state index contributed by atoms with van der Waals surface area (Å²) in [6.07, 6.45) is 10.4. The largest absolute Gasteiger partial charge is 0.468 e. The van der Waals surface area contributed by atoms with E-state index in [1.54, 1.807) is 6.08 Å². The number of carbonyl (C=O) groups is 2. The molecule has 0 bridgehead atoms. The van der Waals surface area contributed by atoms with Crippen molar-refractivity contribution in [1.29, 1.82) is 0 Å². The molecule has 2 aliphatic carbocycles. The summed E-state index contributed by atoms with van der Waals surface area (Å²) in [7, 11) is 1.35. The quantitative estimate of drug-likeness (QED) is 0.426. The SMILES string of the molecule is COC(=O)C1(CC2CCN(C3CCCCC3)C2=O)C(Cl)=CC(c2ccccc2)=CC1Cl. The Balaban J connectivity index is 1.59. The lowest BCUT2D eigenvalue weighted by Crippen LogP contribution is -2.45. The van der Waals surface area contributed by atoms with Gasteiger partial charge >= 0.3 is 5.97 Å². The summed E-state index contributed by atoms with van der Waals surface area (Å²) in [5.74, 6) is -0.640. The molecule has 1 saturated carbocycles. The first-order valence-corrected chi connectivity index (χ1v) is 12.0. The highest BCUT2D eigenvalue weighted by Gasteiger charge is 2.53. The van der Waals surface area contributed by atoms with Crippen LogP contribution in [0.2, 0.25) is 0 Å². The van der Waals surface area contributed by atoms with Crippen LogP contribution in [0.5, 0.6) is 0 Å². The van der Waals surface area contributed by atoms with Gasteiger partial charge in [-0.25, -0.2) is 0 Å². The molecule has 0 radical (unpaired) electrons. The van der Waals surface area contributed by atoms with Crippen molar-refractivity contribution in [2.75, 3.05) is 13.7 Å². The zero-order valence-electron chi connectivity index (χ0n) is 17.9. The lowest BCUT2D eigenvalue weighted by atomic mass is 9.72. The van der Waals surface area contributed by atoms with E-state index in [0.717, 1.165) is 36.9 Å². The molecule has 31 heavy (non-hydrogen) atoms. The second kappa shape index (κ2) is 9.38. The molecule has 3 aliphatic rings. The summed E-state index contributed by atoms with van der Waals surface area (Å²) >= 11 is 13.6. The predicted octanol–water partition coefficient (Wildman–Crippen LogP) is 5.54. The summed E-state index contributed by atoms with van der Waals surface area (Å²) < 4.78 is 5.16. The van der Waals surface area contributed by atoms with Gasteiger partial charge in [0.25, 0.3) is 0 Å². The number of carbonyl (C=O) groups excluding carboxylic acids is 2. The lowest BCUT2D eigenvalue weighted by Gasteiger charge is -2.38. The minimum atomic E-state index is -1.25. The molecule has 6 heteroatoms. The molecule has 0 spiro atoms. The molecule has 1 saturated heterocycles. The molecule has 3 unspecified atom stereocenters. The fourth-order valence-corrected chi connectivity index (χ4v) is 6.21. The van der Waals surface area contributed by atoms with Gasteiger partial charge in [-0.1, -0.05) is 67.3 Å². The number of methoxy groups -OCH3 is 1. The van der Waals surface area contributed by atoms with E-state index in [4.69, 9.17) is 27.9 Å². The van der Waals surface area contributed by atoms with E-state index in [2.05, 4.69) is 0 Å². The van der Waals surface area contributed by atoms with Gasteiger partial charge in [0.15, 0.2) is 0 Å². The van der Waals surface area contributed by atoms with Gasteiger partial charge in [-0.2, -0.15) is 0 Å². The summed E-state index contributed by atoms with van der Waals surface area (Å²) in [5.41, 5.74) is 0.593. The minimum Gasteiger partial charge on any atom is -0.468 e. The predicted molar refractivity (Wildman–Crippen MR) is 124 cm³/mol. The number of ether oxygens (including phenoxy) is 1. The van der Waals surface area contributed by atoms with Crippen LogP contribution in [0.15, 0.2) is 47.5 Å². The van der Waals surface area contributed by atoms with Crippen LogP contribution in [0.1, 0.15) is 50.5 Å². The second-order valence-electron chi connectivity index (χ2n) is 8.86. The number of benzene rings is 1. The maximum atomic E-state index is 13.3. The molecule has 4 rings (SSSR count). The van der Waals surface area contributed by atoms with Gasteiger partial charge in [-0.15, -0.1) is 11.6 Å². The standard InChI is InChI=1S/C25H29Cl2NO3/c1-31-24(30)25(16-18-12-13-28(23(18)29)20-10-6-3-7-11-20)21(26)14-19(15-22(25)27)17-8-4-2-5-9-17/h2,4-5,8-9,14-15,18,20-21H,3,6-7,10-13,16H2,1H3. The van der Waals surface area contributed by atoms with E-state index in [1.165, 1.54) is 26.4 Å². The highest BCUT2D eigenvalue weighted by molar-refractivity contribution is 6.36. The molecule has 0 N–H and O–H groups in total. The van der Waals surface area contributed by atoms with E-state index in [9.17, 15) is 9.59 Å². The number of hydrogen-bond donors (Lipinski definition) is 0. The van der Waals surface area contributed by atoms with Crippen molar-refractivity contribution < 1.29 is 14.3 Å². The summed E-state index contributed by atoms with van der Waals surface area (Å²) in [6, 6.07) is 10.1. The zero-order chi connectivity index (χ0) is 22.0. The van der Waals surface area contributed by atoms with Gasteiger partial charge in [-0.3, -0.25) is 9.59 Å². The molecule has 3 atom stereocenters. The van der Waals surface area contributed by atoms with E-state index >= 15 is 0 Å². The van der Waals surface area contributed by atoms with Gasteiger partial charge in [0.1, 0.15) is 5.41 Å². The lowest BCUT2D eigenvalue weighted by molar-refractivity contribution is -0.151. The highest BCUT2D eigenvalue weighted by Crippen LogP contribution is 2.50. The van der Waals surface area contributed by atoms with Gasteiger partial charge in [-0.05, 0) is 42.9 Å². The van der Waals surface area contributed by atoms with E-state index in [0.29, 0.717) is 11.1 Å². The van der Waals surface area contributed by atoms with Crippen LogP contribution in [0, 0.1) is 11.3 Å². The van der Waals surface area contributed by atoms with Crippen molar-refractivity contribution in [3.63, 3.8) is 0 Å². The third kappa shape index (κ3) is 4.17. The van der Waals surface area contributed by atoms with Crippen molar-refractivity contribution in [2.24, 2.45) is 11.3 Å². The zero-order valence-corrected chi connectivity index (χ0v) is 19.4. The fourth-order valence-electron chi connectivity index (χ4n) is 5.34. The Labute approximate surface area is 194 Å². The number of rotatable bonds is 5. The Morgan fingerprint density at radius 2 is 1.87 bits per heavy atom. The minimum absolute atomic E-state index is 0.126. The number of alkyl halides is 1. The first-order valence-electron chi connectivity index (χ1n) is 11.1. The maximum Gasteiger partial charge on any atom is 0.319 e. The van der Waals surface area contributed by atoms with E-state index in [1.807, 2.05) is 41.3 Å². The maximum absolute atomic E-state index is 13.3. The Kier molecular flexibility index (Phi) is 6.78. The normalized spacial score (nSPS) is 29.5. The van der Waals surface area contributed by atoms with Crippen molar-refractivity contribution in [3.05, 3.63) is 53.1 Å². The molecule has 1 aromatic rings. The molecule has 1 amide bonds. The number of amides is 1. The molecule has 166 valence electrons. The van der Waals surface area contributed by atoms with Crippen molar-refractivity contribution >= 4 is 40.7 Å². The summed E-state index contributed by atoms with van der Waals surface area (Å²) in [5, 5.41) is -0.367. The molecule has 1 heterocycles. The second-order valence-corrected chi connectivity index (χ2v) is 9.74. The third-order valence-corrected chi connectivity index (χ3v) is 8.04. The first kappa shape index (κ1) is 22.4.